The van der Waals surface area contributed by atoms with E-state index in [1.807, 2.05) is 19.1 Å². The number of nitrogens with zero attached hydrogens (tertiary/aromatic N) is 2. The normalized spacial score (nSPS) is 15.8. The lowest BCUT2D eigenvalue weighted by molar-refractivity contribution is -0.155. The Balaban J connectivity index is 1.84. The number of imide groups is 2. The van der Waals surface area contributed by atoms with Crippen molar-refractivity contribution in [2.75, 3.05) is 13.7 Å². The number of rotatable bonds is 8. The van der Waals surface area contributed by atoms with E-state index in [9.17, 15) is 24.0 Å². The molecule has 162 valence electrons. The van der Waals surface area contributed by atoms with E-state index in [1.54, 1.807) is 12.1 Å². The van der Waals surface area contributed by atoms with Crippen molar-refractivity contribution in [3.05, 3.63) is 35.4 Å². The molecule has 1 atom stereocenters. The van der Waals surface area contributed by atoms with Crippen LogP contribution in [0, 0.1) is 6.92 Å². The van der Waals surface area contributed by atoms with Crippen LogP contribution in [-0.2, 0) is 23.9 Å². The van der Waals surface area contributed by atoms with Crippen molar-refractivity contribution in [1.82, 2.24) is 9.80 Å². The quantitative estimate of drug-likeness (QED) is 0.476. The van der Waals surface area contributed by atoms with E-state index in [-0.39, 0.29) is 43.5 Å². The van der Waals surface area contributed by atoms with Crippen molar-refractivity contribution in [1.29, 1.82) is 0 Å². The molecule has 0 aromatic heterocycles. The zero-order chi connectivity index (χ0) is 22.3. The summed E-state index contributed by atoms with van der Waals surface area (Å²) >= 11 is 0. The lowest BCUT2D eigenvalue weighted by Crippen LogP contribution is -2.43. The number of amides is 4. The lowest BCUT2D eigenvalue weighted by Gasteiger charge is -2.21. The molecule has 1 unspecified atom stereocenters. The van der Waals surface area contributed by atoms with Gasteiger partial charge in [0.05, 0.1) is 7.11 Å². The molecule has 0 spiro atoms. The molecule has 0 aliphatic carbocycles. The summed E-state index contributed by atoms with van der Waals surface area (Å²) in [7, 11) is 1.23. The summed E-state index contributed by atoms with van der Waals surface area (Å²) in [4.78, 5) is 63.0. The second-order valence-corrected chi connectivity index (χ2v) is 7.34. The van der Waals surface area contributed by atoms with Gasteiger partial charge in [-0.1, -0.05) is 24.6 Å². The third-order valence-electron chi connectivity index (χ3n) is 5.23. The second-order valence-electron chi connectivity index (χ2n) is 7.34. The number of carbonyl (C=O) groups excluding carboxylic acids is 5. The minimum atomic E-state index is -0.838. The summed E-state index contributed by atoms with van der Waals surface area (Å²) in [6, 6.07) is 6.26. The van der Waals surface area contributed by atoms with Crippen molar-refractivity contribution in [2.24, 2.45) is 0 Å². The first-order chi connectivity index (χ1) is 14.3. The summed E-state index contributed by atoms with van der Waals surface area (Å²) in [5.74, 6) is -2.00. The molecule has 1 aliphatic heterocycles. The molecular formula is C22H28N2O6. The van der Waals surface area contributed by atoms with E-state index in [2.05, 4.69) is 4.74 Å². The van der Waals surface area contributed by atoms with Gasteiger partial charge in [0.1, 0.15) is 6.04 Å². The standard InChI is InChI=1S/C22H28N2O6/c1-15-9-6-7-10-17(15)21(28)23(16(2)25)14-8-4-5-11-19(26)24-18(22(29)30-3)12-13-20(24)27/h6-7,9-10,18H,4-5,8,11-14H2,1-3H3. The van der Waals surface area contributed by atoms with E-state index < -0.39 is 17.9 Å². The topological polar surface area (TPSA) is 101 Å². The number of unbranched alkanes of at least 4 members (excludes halogenated alkanes) is 2. The summed E-state index contributed by atoms with van der Waals surface area (Å²) in [5, 5.41) is 0. The number of ether oxygens (including phenoxy) is 1. The molecule has 0 bridgehead atoms. The zero-order valence-corrected chi connectivity index (χ0v) is 17.7. The van der Waals surface area contributed by atoms with Gasteiger partial charge in [-0.3, -0.25) is 29.0 Å². The molecule has 1 aliphatic rings. The molecule has 4 amide bonds. The van der Waals surface area contributed by atoms with Gasteiger partial charge in [-0.2, -0.15) is 0 Å². The van der Waals surface area contributed by atoms with Crippen LogP contribution in [0.1, 0.15) is 61.4 Å². The number of benzene rings is 1. The van der Waals surface area contributed by atoms with E-state index in [0.717, 1.165) is 10.5 Å². The van der Waals surface area contributed by atoms with Crippen LogP contribution in [0.25, 0.3) is 0 Å². The Morgan fingerprint density at radius 3 is 2.47 bits per heavy atom. The van der Waals surface area contributed by atoms with Gasteiger partial charge >= 0.3 is 5.97 Å². The molecule has 0 radical (unpaired) electrons. The number of hydrogen-bond donors (Lipinski definition) is 0. The second kappa shape index (κ2) is 10.7. The summed E-state index contributed by atoms with van der Waals surface area (Å²) in [5.41, 5.74) is 1.29. The van der Waals surface area contributed by atoms with Crippen LogP contribution in [0.2, 0.25) is 0 Å². The van der Waals surface area contributed by atoms with E-state index in [0.29, 0.717) is 24.8 Å². The van der Waals surface area contributed by atoms with Crippen molar-refractivity contribution < 1.29 is 28.7 Å². The Hall–Kier alpha value is -3.03. The van der Waals surface area contributed by atoms with Crippen LogP contribution in [0.3, 0.4) is 0 Å². The van der Waals surface area contributed by atoms with Gasteiger partial charge in [0.2, 0.25) is 17.7 Å². The van der Waals surface area contributed by atoms with Crippen LogP contribution in [0.15, 0.2) is 24.3 Å². The number of esters is 1. The molecule has 8 heteroatoms. The van der Waals surface area contributed by atoms with Crippen molar-refractivity contribution >= 4 is 29.6 Å². The highest BCUT2D eigenvalue weighted by molar-refractivity contribution is 6.05. The van der Waals surface area contributed by atoms with Crippen molar-refractivity contribution in [2.45, 2.75) is 58.4 Å². The fourth-order valence-corrected chi connectivity index (χ4v) is 3.56. The molecule has 2 rings (SSSR count). The van der Waals surface area contributed by atoms with Crippen molar-refractivity contribution in [3.63, 3.8) is 0 Å². The largest absolute Gasteiger partial charge is 0.467 e. The highest BCUT2D eigenvalue weighted by Crippen LogP contribution is 2.22. The monoisotopic (exact) mass is 416 g/mol. The number of methoxy groups -OCH3 is 1. The fourth-order valence-electron chi connectivity index (χ4n) is 3.56. The Labute approximate surface area is 176 Å². The SMILES string of the molecule is COC(=O)C1CCC(=O)N1C(=O)CCCCCN(C(C)=O)C(=O)c1ccccc1C. The third-order valence-corrected chi connectivity index (χ3v) is 5.23. The first-order valence-corrected chi connectivity index (χ1v) is 10.1. The zero-order valence-electron chi connectivity index (χ0n) is 17.7. The minimum absolute atomic E-state index is 0.116. The number of aryl methyl sites for hydroxylation is 1. The Bertz CT molecular complexity index is 835. The van der Waals surface area contributed by atoms with Crippen LogP contribution < -0.4 is 0 Å². The highest BCUT2D eigenvalue weighted by Gasteiger charge is 2.40. The fraction of sp³-hybridized carbons (Fsp3) is 0.500. The molecule has 1 fully saturated rings. The van der Waals surface area contributed by atoms with E-state index in [4.69, 9.17) is 0 Å². The molecule has 8 nitrogen and oxygen atoms in total. The first kappa shape index (κ1) is 23.3. The van der Waals surface area contributed by atoms with Crippen LogP contribution in [0.4, 0.5) is 0 Å². The van der Waals surface area contributed by atoms with Crippen molar-refractivity contribution in [3.8, 4) is 0 Å². The molecule has 1 saturated heterocycles. The predicted octanol–water partition coefficient (Wildman–Crippen LogP) is 2.23. The van der Waals surface area contributed by atoms with Crippen LogP contribution >= 0.6 is 0 Å². The maximum Gasteiger partial charge on any atom is 0.329 e. The lowest BCUT2D eigenvalue weighted by atomic mass is 10.1. The molecular weight excluding hydrogens is 388 g/mol. The van der Waals surface area contributed by atoms with Gasteiger partial charge in [0.15, 0.2) is 0 Å². The van der Waals surface area contributed by atoms with Gasteiger partial charge < -0.3 is 4.74 Å². The number of carbonyl (C=O) groups is 5. The van der Waals surface area contributed by atoms with Gasteiger partial charge in [0.25, 0.3) is 5.91 Å². The average molecular weight is 416 g/mol. The Kier molecular flexibility index (Phi) is 8.26. The van der Waals surface area contributed by atoms with Gasteiger partial charge in [-0.15, -0.1) is 0 Å². The molecule has 1 heterocycles. The molecule has 0 saturated carbocycles. The smallest absolute Gasteiger partial charge is 0.329 e. The Morgan fingerprint density at radius 2 is 1.83 bits per heavy atom. The number of likely N-dealkylation sites (tertiary alicyclic amines) is 1. The summed E-state index contributed by atoms with van der Waals surface area (Å²) in [6.45, 7) is 3.42. The predicted molar refractivity (Wildman–Crippen MR) is 108 cm³/mol. The van der Waals surface area contributed by atoms with Gasteiger partial charge in [-0.25, -0.2) is 4.79 Å². The third kappa shape index (κ3) is 5.52. The number of hydrogen-bond acceptors (Lipinski definition) is 6. The molecule has 0 N–H and O–H groups in total. The summed E-state index contributed by atoms with van der Waals surface area (Å²) < 4.78 is 4.67. The maximum atomic E-state index is 12.7. The minimum Gasteiger partial charge on any atom is -0.467 e. The first-order valence-electron chi connectivity index (χ1n) is 10.1. The van der Waals surface area contributed by atoms with Gasteiger partial charge in [0, 0.05) is 31.9 Å². The maximum absolute atomic E-state index is 12.7. The molecule has 1 aromatic rings. The summed E-state index contributed by atoms with van der Waals surface area (Å²) in [6.07, 6.45) is 2.18. The van der Waals surface area contributed by atoms with E-state index in [1.165, 1.54) is 18.9 Å². The van der Waals surface area contributed by atoms with E-state index >= 15 is 0 Å². The average Bonchev–Trinajstić information content (AvgIpc) is 3.11. The van der Waals surface area contributed by atoms with Crippen LogP contribution in [-0.4, -0.2) is 59.1 Å². The molecule has 1 aromatic carbocycles. The van der Waals surface area contributed by atoms with Crippen LogP contribution in [0.5, 0.6) is 0 Å². The Morgan fingerprint density at radius 1 is 1.13 bits per heavy atom. The van der Waals surface area contributed by atoms with Gasteiger partial charge in [-0.05, 0) is 37.8 Å². The molecule has 30 heavy (non-hydrogen) atoms. The highest BCUT2D eigenvalue weighted by atomic mass is 16.5.